The topological polar surface area (TPSA) is 50.0 Å². The molecule has 0 fully saturated rings. The maximum absolute atomic E-state index is 7.57. The summed E-state index contributed by atoms with van der Waals surface area (Å²) in [6.45, 7) is 6.12. The van der Waals surface area contributed by atoms with E-state index in [0.29, 0.717) is 5.96 Å². The summed E-state index contributed by atoms with van der Waals surface area (Å²) in [5.41, 5.74) is 0. The lowest BCUT2D eigenvalue weighted by atomic mass is 10.2. The zero-order valence-electron chi connectivity index (χ0n) is 11.0. The summed E-state index contributed by atoms with van der Waals surface area (Å²) in [6, 6.07) is 0. The monoisotopic (exact) mass is 226 g/mol. The normalized spacial score (nSPS) is 10.1. The third kappa shape index (κ3) is 11.3. The highest BCUT2D eigenvalue weighted by atomic mass is 15.1. The Kier molecular flexibility index (Phi) is 11.8. The van der Waals surface area contributed by atoms with Crippen LogP contribution in [0.3, 0.4) is 0 Å². The number of rotatable bonds is 10. The van der Waals surface area contributed by atoms with Crippen LogP contribution in [0.2, 0.25) is 0 Å². The lowest BCUT2D eigenvalue weighted by molar-refractivity contribution is 0.627. The summed E-state index contributed by atoms with van der Waals surface area (Å²) in [5.74, 6) is 0.369. The molecular formula is C13H28N3. The van der Waals surface area contributed by atoms with E-state index in [9.17, 15) is 0 Å². The van der Waals surface area contributed by atoms with Crippen LogP contribution in [0.4, 0.5) is 0 Å². The van der Waals surface area contributed by atoms with Crippen molar-refractivity contribution in [1.82, 2.24) is 10.6 Å². The third-order valence-corrected chi connectivity index (χ3v) is 2.60. The summed E-state index contributed by atoms with van der Waals surface area (Å²) in [4.78, 5) is 0. The van der Waals surface area contributed by atoms with E-state index in [2.05, 4.69) is 24.5 Å². The molecule has 0 saturated heterocycles. The molecule has 0 saturated carbocycles. The number of unbranched alkanes of at least 4 members (excludes halogenated alkanes) is 6. The molecule has 95 valence electrons. The van der Waals surface area contributed by atoms with Crippen molar-refractivity contribution in [3.8, 4) is 0 Å². The van der Waals surface area contributed by atoms with Crippen LogP contribution in [-0.2, 0) is 0 Å². The van der Waals surface area contributed by atoms with Gasteiger partial charge in [0, 0.05) is 13.1 Å². The van der Waals surface area contributed by atoms with Crippen LogP contribution in [0.25, 0.3) is 0 Å². The van der Waals surface area contributed by atoms with Crippen molar-refractivity contribution < 1.29 is 0 Å². The molecular weight excluding hydrogens is 198 g/mol. The van der Waals surface area contributed by atoms with Gasteiger partial charge in [-0.3, -0.25) is 10.7 Å². The molecule has 0 unspecified atom stereocenters. The second-order valence-electron chi connectivity index (χ2n) is 4.28. The molecule has 3 heteroatoms. The van der Waals surface area contributed by atoms with Crippen molar-refractivity contribution in [2.75, 3.05) is 13.1 Å². The van der Waals surface area contributed by atoms with E-state index in [1.165, 1.54) is 38.5 Å². The largest absolute Gasteiger partial charge is 0.355 e. The minimum Gasteiger partial charge on any atom is -0.355 e. The highest BCUT2D eigenvalue weighted by Gasteiger charge is 1.96. The second kappa shape index (κ2) is 12.3. The van der Waals surface area contributed by atoms with Gasteiger partial charge in [-0.15, -0.1) is 0 Å². The quantitative estimate of drug-likeness (QED) is 0.335. The zero-order chi connectivity index (χ0) is 12.1. The van der Waals surface area contributed by atoms with Gasteiger partial charge in [0.2, 0.25) is 5.96 Å². The molecule has 0 atom stereocenters. The molecule has 0 aromatic rings. The number of hydrogen-bond acceptors (Lipinski definition) is 1. The lowest BCUT2D eigenvalue weighted by Gasteiger charge is -2.07. The van der Waals surface area contributed by atoms with E-state index in [1.807, 2.05) is 0 Å². The standard InChI is InChI=1S/C13H28N3/c1-3-5-7-9-11-15-13(14)16-12-10-8-6-4-2/h3-12H2,1-2H3,(H2,14,15). The summed E-state index contributed by atoms with van der Waals surface area (Å²) in [5, 5.41) is 14.8. The van der Waals surface area contributed by atoms with Gasteiger partial charge >= 0.3 is 0 Å². The molecule has 0 aromatic carbocycles. The van der Waals surface area contributed by atoms with Crippen molar-refractivity contribution in [2.45, 2.75) is 65.2 Å². The van der Waals surface area contributed by atoms with E-state index < -0.39 is 0 Å². The Morgan fingerprint density at radius 3 is 2.19 bits per heavy atom. The minimum atomic E-state index is 0.369. The number of guanidine groups is 1. The molecule has 0 aromatic heterocycles. The first kappa shape index (κ1) is 15.3. The molecule has 2 N–H and O–H groups in total. The van der Waals surface area contributed by atoms with Gasteiger partial charge in [0.15, 0.2) is 0 Å². The predicted octanol–water partition coefficient (Wildman–Crippen LogP) is 3.28. The summed E-state index contributed by atoms with van der Waals surface area (Å²) < 4.78 is 0. The number of nitrogens with one attached hydrogen (secondary N) is 2. The Morgan fingerprint density at radius 2 is 1.56 bits per heavy atom. The van der Waals surface area contributed by atoms with E-state index in [-0.39, 0.29) is 0 Å². The van der Waals surface area contributed by atoms with Crippen LogP contribution < -0.4 is 10.6 Å². The van der Waals surface area contributed by atoms with Gasteiger partial charge in [-0.2, -0.15) is 0 Å². The van der Waals surface area contributed by atoms with Gasteiger partial charge in [-0.05, 0) is 12.8 Å². The van der Waals surface area contributed by atoms with Gasteiger partial charge in [-0.1, -0.05) is 52.4 Å². The van der Waals surface area contributed by atoms with Crippen LogP contribution in [0.15, 0.2) is 0 Å². The van der Waals surface area contributed by atoms with Crippen LogP contribution in [-0.4, -0.2) is 19.0 Å². The summed E-state index contributed by atoms with van der Waals surface area (Å²) in [6.07, 6.45) is 9.87. The van der Waals surface area contributed by atoms with Gasteiger partial charge in [0.05, 0.1) is 0 Å². The lowest BCUT2D eigenvalue weighted by Crippen LogP contribution is -2.32. The van der Waals surface area contributed by atoms with E-state index in [0.717, 1.165) is 25.9 Å². The molecule has 16 heavy (non-hydrogen) atoms. The van der Waals surface area contributed by atoms with Crippen LogP contribution in [0.1, 0.15) is 65.2 Å². The van der Waals surface area contributed by atoms with Crippen LogP contribution >= 0.6 is 0 Å². The fraction of sp³-hybridized carbons (Fsp3) is 0.923. The van der Waals surface area contributed by atoms with Gasteiger partial charge < -0.3 is 5.32 Å². The second-order valence-corrected chi connectivity index (χ2v) is 4.28. The molecule has 0 amide bonds. The molecule has 3 nitrogen and oxygen atoms in total. The predicted molar refractivity (Wildman–Crippen MR) is 71.0 cm³/mol. The summed E-state index contributed by atoms with van der Waals surface area (Å²) in [7, 11) is 0. The number of nitrogens with zero attached hydrogens (tertiary/aromatic N) is 1. The molecule has 1 radical (unpaired) electrons. The molecule has 0 spiro atoms. The van der Waals surface area contributed by atoms with Gasteiger partial charge in [-0.25, -0.2) is 0 Å². The highest BCUT2D eigenvalue weighted by Crippen LogP contribution is 1.98. The van der Waals surface area contributed by atoms with Crippen molar-refractivity contribution in [2.24, 2.45) is 0 Å². The van der Waals surface area contributed by atoms with Crippen molar-refractivity contribution in [1.29, 1.82) is 5.41 Å². The van der Waals surface area contributed by atoms with Crippen molar-refractivity contribution in [3.63, 3.8) is 0 Å². The maximum Gasteiger partial charge on any atom is 0.210 e. The average Bonchev–Trinajstić information content (AvgIpc) is 2.28. The SMILES string of the molecule is CCCCCC[N]C(=N)NCCCCCC. The van der Waals surface area contributed by atoms with E-state index in [4.69, 9.17) is 5.41 Å². The average molecular weight is 226 g/mol. The van der Waals surface area contributed by atoms with Crippen molar-refractivity contribution >= 4 is 5.96 Å². The molecule has 0 rings (SSSR count). The fourth-order valence-corrected chi connectivity index (χ4v) is 1.54. The fourth-order valence-electron chi connectivity index (χ4n) is 1.54. The molecule has 0 aliphatic heterocycles. The Balaban J connectivity index is 3.12. The minimum absolute atomic E-state index is 0.369. The van der Waals surface area contributed by atoms with Crippen LogP contribution in [0, 0.1) is 5.41 Å². The Hall–Kier alpha value is -0.730. The van der Waals surface area contributed by atoms with Gasteiger partial charge in [0.25, 0.3) is 0 Å². The van der Waals surface area contributed by atoms with Gasteiger partial charge in [0.1, 0.15) is 0 Å². The molecule has 0 aliphatic rings. The Morgan fingerprint density at radius 1 is 0.938 bits per heavy atom. The molecule has 0 heterocycles. The molecule has 0 bridgehead atoms. The first-order valence-corrected chi connectivity index (χ1v) is 6.81. The third-order valence-electron chi connectivity index (χ3n) is 2.60. The van der Waals surface area contributed by atoms with E-state index >= 15 is 0 Å². The van der Waals surface area contributed by atoms with Crippen LogP contribution in [0.5, 0.6) is 0 Å². The first-order valence-electron chi connectivity index (χ1n) is 6.81. The van der Waals surface area contributed by atoms with Crippen molar-refractivity contribution in [3.05, 3.63) is 0 Å². The number of hydrogen-bond donors (Lipinski definition) is 2. The highest BCUT2D eigenvalue weighted by molar-refractivity contribution is 5.75. The Labute approximate surface area is 101 Å². The first-order chi connectivity index (χ1) is 7.81. The smallest absolute Gasteiger partial charge is 0.210 e. The maximum atomic E-state index is 7.57. The molecule has 0 aliphatic carbocycles. The Bertz CT molecular complexity index is 141. The zero-order valence-corrected chi connectivity index (χ0v) is 11.0. The summed E-state index contributed by atoms with van der Waals surface area (Å²) >= 11 is 0. The van der Waals surface area contributed by atoms with E-state index in [1.54, 1.807) is 0 Å².